The Kier molecular flexibility index (Phi) is 7.28. The first-order chi connectivity index (χ1) is 12.1. The molecule has 140 valence electrons. The van der Waals surface area contributed by atoms with Crippen molar-refractivity contribution in [2.24, 2.45) is 0 Å². The molecule has 0 saturated carbocycles. The molecule has 3 rings (SSSR count). The number of benzene rings is 2. The number of hydrogen-bond donors (Lipinski definition) is 0. The molecule has 0 unspecified atom stereocenters. The molecule has 0 radical (unpaired) electrons. The van der Waals surface area contributed by atoms with Gasteiger partial charge >= 0.3 is 35.7 Å². The Hall–Kier alpha value is -0.750. The first kappa shape index (κ1) is 22.5. The maximum Gasteiger partial charge on any atom is 1.00 e. The molecule has 5 nitrogen and oxygen atoms in total. The number of nitrogens with zero attached hydrogens (tertiary/aromatic N) is 1. The molecule has 1 aliphatic heterocycles. The van der Waals surface area contributed by atoms with E-state index in [1.807, 2.05) is 12.1 Å². The summed E-state index contributed by atoms with van der Waals surface area (Å²) in [5, 5.41) is 0. The number of alkyl halides is 3. The second-order valence-corrected chi connectivity index (χ2v) is 7.62. The van der Waals surface area contributed by atoms with E-state index in [1.165, 1.54) is 17.8 Å². The van der Waals surface area contributed by atoms with Crippen LogP contribution in [-0.2, 0) is 20.8 Å². The van der Waals surface area contributed by atoms with Crippen molar-refractivity contribution in [3.8, 4) is 0 Å². The minimum Gasteiger partial charge on any atom is -0.726 e. The molecule has 0 spiro atoms. The van der Waals surface area contributed by atoms with E-state index in [-0.39, 0.29) is 49.1 Å². The van der Waals surface area contributed by atoms with Gasteiger partial charge in [-0.15, -0.1) is 0 Å². The van der Waals surface area contributed by atoms with Crippen molar-refractivity contribution >= 4 is 33.5 Å². The van der Waals surface area contributed by atoms with Crippen molar-refractivity contribution in [1.82, 2.24) is 0 Å². The van der Waals surface area contributed by atoms with Gasteiger partial charge in [-0.3, -0.25) is 4.18 Å². The van der Waals surface area contributed by atoms with Crippen molar-refractivity contribution < 1.29 is 59.9 Å². The topological polar surface area (TPSA) is 69.7 Å². The van der Waals surface area contributed by atoms with Crippen LogP contribution in [0.1, 0.15) is 12.0 Å². The predicted octanol–water partition coefficient (Wildman–Crippen LogP) is 1.18. The van der Waals surface area contributed by atoms with Crippen molar-refractivity contribution in [2.75, 3.05) is 18.1 Å². The normalized spacial score (nSPS) is 13.6. The van der Waals surface area contributed by atoms with Gasteiger partial charge in [0.25, 0.3) is 0 Å². The van der Waals surface area contributed by atoms with Crippen LogP contribution >= 0.6 is 11.8 Å². The van der Waals surface area contributed by atoms with E-state index in [2.05, 4.69) is 4.18 Å². The molecular formula is C16H13F3NNaO4S2. The summed E-state index contributed by atoms with van der Waals surface area (Å²) in [4.78, 5) is 3.21. The zero-order valence-electron chi connectivity index (χ0n) is 14.2. The minimum absolute atomic E-state index is 0. The van der Waals surface area contributed by atoms with Crippen LogP contribution in [0.25, 0.3) is 0 Å². The molecule has 0 aromatic heterocycles. The van der Waals surface area contributed by atoms with E-state index in [1.54, 1.807) is 17.0 Å². The summed E-state index contributed by atoms with van der Waals surface area (Å²) in [6, 6.07) is 10.7. The van der Waals surface area contributed by atoms with E-state index >= 15 is 0 Å². The molecule has 0 N–H and O–H groups in total. The predicted molar refractivity (Wildman–Crippen MR) is 89.3 cm³/mol. The van der Waals surface area contributed by atoms with Gasteiger partial charge in [0.05, 0.1) is 23.5 Å². The maximum absolute atomic E-state index is 13.1. The van der Waals surface area contributed by atoms with Crippen LogP contribution in [0, 0.1) is 0 Å². The van der Waals surface area contributed by atoms with Gasteiger partial charge in [-0.05, 0) is 36.8 Å². The summed E-state index contributed by atoms with van der Waals surface area (Å²) < 4.78 is 74.9. The van der Waals surface area contributed by atoms with E-state index in [9.17, 15) is 26.1 Å². The van der Waals surface area contributed by atoms with Gasteiger partial charge in [0.1, 0.15) is 0 Å². The summed E-state index contributed by atoms with van der Waals surface area (Å²) >= 11 is 1.36. The molecule has 2 aromatic rings. The standard InChI is InChI=1S/C16H14F3NO4S2.Na/c17-16(18,19)11-6-7-15-13(10-11)20(8-3-9-24-26(21,22)23)12-4-1-2-5-14(12)25-15;/h1-2,4-7,10H,3,8-9H2,(H,21,22,23);/q;+1/p-1. The van der Waals surface area contributed by atoms with Crippen LogP contribution in [0.4, 0.5) is 24.5 Å². The van der Waals surface area contributed by atoms with Gasteiger partial charge in [-0.1, -0.05) is 23.9 Å². The van der Waals surface area contributed by atoms with Gasteiger partial charge in [0, 0.05) is 16.3 Å². The molecule has 0 aliphatic carbocycles. The summed E-state index contributed by atoms with van der Waals surface area (Å²) in [6.07, 6.45) is -4.32. The van der Waals surface area contributed by atoms with Crippen molar-refractivity contribution in [3.05, 3.63) is 48.0 Å². The molecule has 11 heteroatoms. The Bertz CT molecular complexity index is 922. The molecule has 0 fully saturated rings. The van der Waals surface area contributed by atoms with Crippen LogP contribution in [0.15, 0.2) is 52.3 Å². The van der Waals surface area contributed by atoms with Crippen molar-refractivity contribution in [1.29, 1.82) is 0 Å². The molecule has 0 amide bonds. The molecule has 0 atom stereocenters. The van der Waals surface area contributed by atoms with Crippen LogP contribution < -0.4 is 34.5 Å². The maximum atomic E-state index is 13.1. The third-order valence-electron chi connectivity index (χ3n) is 3.71. The van der Waals surface area contributed by atoms with E-state index in [4.69, 9.17) is 0 Å². The zero-order chi connectivity index (χ0) is 18.9. The third kappa shape index (κ3) is 5.63. The molecule has 0 saturated heterocycles. The molecule has 27 heavy (non-hydrogen) atoms. The number of hydrogen-bond acceptors (Lipinski definition) is 6. The van der Waals surface area contributed by atoms with E-state index < -0.39 is 22.1 Å². The van der Waals surface area contributed by atoms with Crippen molar-refractivity contribution in [3.63, 3.8) is 0 Å². The molecule has 1 aliphatic rings. The fourth-order valence-corrected chi connectivity index (χ4v) is 4.03. The monoisotopic (exact) mass is 427 g/mol. The van der Waals surface area contributed by atoms with E-state index in [0.717, 1.165) is 17.0 Å². The summed E-state index contributed by atoms with van der Waals surface area (Å²) in [5.74, 6) is 0. The Morgan fingerprint density at radius 2 is 1.74 bits per heavy atom. The third-order valence-corrected chi connectivity index (χ3v) is 5.29. The van der Waals surface area contributed by atoms with Gasteiger partial charge < -0.3 is 9.45 Å². The quantitative estimate of drug-likeness (QED) is 0.309. The molecule has 0 bridgehead atoms. The average Bonchev–Trinajstić information content (AvgIpc) is 2.55. The Morgan fingerprint density at radius 1 is 1.07 bits per heavy atom. The Labute approximate surface area is 181 Å². The number of para-hydroxylation sites is 1. The van der Waals surface area contributed by atoms with E-state index in [0.29, 0.717) is 16.3 Å². The second-order valence-electron chi connectivity index (χ2n) is 5.49. The number of rotatable bonds is 5. The van der Waals surface area contributed by atoms with Crippen LogP contribution in [0.5, 0.6) is 0 Å². The zero-order valence-corrected chi connectivity index (χ0v) is 17.8. The number of halogens is 3. The Balaban J connectivity index is 0.00000261. The molecular weight excluding hydrogens is 414 g/mol. The van der Waals surface area contributed by atoms with Gasteiger partial charge in [-0.2, -0.15) is 13.2 Å². The molecule has 2 aromatic carbocycles. The summed E-state index contributed by atoms with van der Waals surface area (Å²) in [5.41, 5.74) is 0.336. The minimum atomic E-state index is -4.80. The van der Waals surface area contributed by atoms with Gasteiger partial charge in [0.2, 0.25) is 10.4 Å². The van der Waals surface area contributed by atoms with Crippen LogP contribution in [-0.4, -0.2) is 26.1 Å². The number of anilines is 2. The SMILES string of the molecule is O=S(=O)([O-])OCCCN1c2ccccc2Sc2ccc(C(F)(F)F)cc21.[Na+]. The average molecular weight is 427 g/mol. The van der Waals surface area contributed by atoms with Crippen molar-refractivity contribution in [2.45, 2.75) is 22.4 Å². The first-order valence-electron chi connectivity index (χ1n) is 7.51. The second kappa shape index (κ2) is 8.73. The summed E-state index contributed by atoms with van der Waals surface area (Å²) in [7, 11) is -4.80. The first-order valence-corrected chi connectivity index (χ1v) is 9.66. The van der Waals surface area contributed by atoms with Gasteiger partial charge in [0.15, 0.2) is 0 Å². The van der Waals surface area contributed by atoms with Crippen LogP contribution in [0.2, 0.25) is 0 Å². The fourth-order valence-electron chi connectivity index (χ4n) is 2.63. The largest absolute Gasteiger partial charge is 1.00 e. The van der Waals surface area contributed by atoms with Gasteiger partial charge in [-0.25, -0.2) is 8.42 Å². The summed E-state index contributed by atoms with van der Waals surface area (Å²) in [6.45, 7) is -0.145. The Morgan fingerprint density at radius 3 is 2.41 bits per heavy atom. The fraction of sp³-hybridized carbons (Fsp3) is 0.250. The van der Waals surface area contributed by atoms with Crippen LogP contribution in [0.3, 0.4) is 0 Å². The number of fused-ring (bicyclic) bond motifs is 2. The molecule has 1 heterocycles. The smallest absolute Gasteiger partial charge is 0.726 e.